The Morgan fingerprint density at radius 1 is 0.750 bits per heavy atom. The lowest BCUT2D eigenvalue weighted by atomic mass is 10.3. The third-order valence-corrected chi connectivity index (χ3v) is 6.53. The lowest BCUT2D eigenvalue weighted by Gasteiger charge is -2.38. The quantitative estimate of drug-likeness (QED) is 0.573. The molecule has 0 unspecified atom stereocenters. The van der Waals surface area contributed by atoms with Crippen molar-refractivity contribution >= 4 is 8.80 Å². The van der Waals surface area contributed by atoms with Gasteiger partial charge in [0, 0.05) is 46.0 Å². The molecule has 0 aromatic rings. The first-order chi connectivity index (χ1) is 9.69. The van der Waals surface area contributed by atoms with E-state index in [1.54, 1.807) is 0 Å². The monoisotopic (exact) mass is 304 g/mol. The summed E-state index contributed by atoms with van der Waals surface area (Å²) >= 11 is 0. The second-order valence-electron chi connectivity index (χ2n) is 5.10. The molecule has 0 aliphatic carbocycles. The maximum Gasteiger partial charge on any atom is 0.515 e. The topological polar surface area (TPSA) is 34.2 Å². The Hall–Kier alpha value is 0.0169. The molecule has 1 aliphatic rings. The molecule has 0 amide bonds. The van der Waals surface area contributed by atoms with E-state index in [2.05, 4.69) is 16.7 Å². The van der Waals surface area contributed by atoms with E-state index >= 15 is 0 Å². The van der Waals surface area contributed by atoms with E-state index in [1.165, 1.54) is 13.0 Å². The Bertz CT molecular complexity index is 232. The molecule has 120 valence electrons. The molecule has 0 N–H and O–H groups in total. The number of rotatable bonds is 10. The molecule has 1 heterocycles. The van der Waals surface area contributed by atoms with Crippen molar-refractivity contribution in [2.45, 2.75) is 34.1 Å². The van der Waals surface area contributed by atoms with Crippen LogP contribution in [0, 0.1) is 0 Å². The zero-order valence-corrected chi connectivity index (χ0v) is 14.7. The van der Waals surface area contributed by atoms with E-state index in [9.17, 15) is 0 Å². The maximum absolute atomic E-state index is 5.93. The van der Waals surface area contributed by atoms with Gasteiger partial charge in [0.25, 0.3) is 0 Å². The van der Waals surface area contributed by atoms with Gasteiger partial charge in [-0.3, -0.25) is 4.90 Å². The Balaban J connectivity index is 2.52. The lowest BCUT2D eigenvalue weighted by Crippen LogP contribution is -2.59. The SMILES string of the molecule is CCCN1CCN(C[Si](OCC)(OCC)OCC)CC1. The Kier molecular flexibility index (Phi) is 8.91. The van der Waals surface area contributed by atoms with Gasteiger partial charge in [-0.15, -0.1) is 0 Å². The summed E-state index contributed by atoms with van der Waals surface area (Å²) in [5, 5.41) is 0. The minimum absolute atomic E-state index is 0.655. The van der Waals surface area contributed by atoms with Crippen LogP contribution < -0.4 is 0 Å². The van der Waals surface area contributed by atoms with Gasteiger partial charge in [-0.05, 0) is 33.7 Å². The summed E-state index contributed by atoms with van der Waals surface area (Å²) < 4.78 is 17.8. The predicted molar refractivity (Wildman–Crippen MR) is 83.8 cm³/mol. The van der Waals surface area contributed by atoms with Gasteiger partial charge in [0.1, 0.15) is 0 Å². The minimum atomic E-state index is -2.52. The van der Waals surface area contributed by atoms with E-state index < -0.39 is 8.80 Å². The molecular weight excluding hydrogens is 272 g/mol. The van der Waals surface area contributed by atoms with E-state index in [4.69, 9.17) is 13.3 Å². The fourth-order valence-electron chi connectivity index (χ4n) is 2.68. The van der Waals surface area contributed by atoms with Crippen molar-refractivity contribution in [2.75, 3.05) is 58.7 Å². The van der Waals surface area contributed by atoms with Crippen molar-refractivity contribution in [1.29, 1.82) is 0 Å². The van der Waals surface area contributed by atoms with E-state index in [-0.39, 0.29) is 0 Å². The van der Waals surface area contributed by atoms with Gasteiger partial charge in [-0.25, -0.2) is 0 Å². The highest BCUT2D eigenvalue weighted by Crippen LogP contribution is 2.14. The summed E-state index contributed by atoms with van der Waals surface area (Å²) in [6.07, 6.45) is 2.05. The largest absolute Gasteiger partial charge is 0.515 e. The normalized spacial score (nSPS) is 18.6. The van der Waals surface area contributed by atoms with Gasteiger partial charge >= 0.3 is 8.80 Å². The molecule has 0 saturated carbocycles. The molecule has 0 radical (unpaired) electrons. The minimum Gasteiger partial charge on any atom is -0.373 e. The average molecular weight is 305 g/mol. The molecule has 1 aliphatic heterocycles. The van der Waals surface area contributed by atoms with Gasteiger partial charge in [0.2, 0.25) is 0 Å². The summed E-state index contributed by atoms with van der Waals surface area (Å²) in [6.45, 7) is 15.9. The molecule has 20 heavy (non-hydrogen) atoms. The lowest BCUT2D eigenvalue weighted by molar-refractivity contribution is 0.0473. The first-order valence-electron chi connectivity index (χ1n) is 8.06. The molecule has 0 atom stereocenters. The summed E-state index contributed by atoms with van der Waals surface area (Å²) in [5.74, 6) is 0. The maximum atomic E-state index is 5.93. The van der Waals surface area contributed by atoms with Crippen LogP contribution in [0.1, 0.15) is 34.1 Å². The van der Waals surface area contributed by atoms with Crippen molar-refractivity contribution in [3.8, 4) is 0 Å². The average Bonchev–Trinajstić information content (AvgIpc) is 2.42. The highest BCUT2D eigenvalue weighted by molar-refractivity contribution is 6.60. The van der Waals surface area contributed by atoms with Crippen LogP contribution >= 0.6 is 0 Å². The molecule has 1 saturated heterocycles. The predicted octanol–water partition coefficient (Wildman–Crippen LogP) is 1.60. The first kappa shape index (κ1) is 18.1. The van der Waals surface area contributed by atoms with Gasteiger partial charge in [0.05, 0.1) is 6.17 Å². The molecule has 6 heteroatoms. The van der Waals surface area contributed by atoms with Crippen molar-refractivity contribution in [1.82, 2.24) is 9.80 Å². The summed E-state index contributed by atoms with van der Waals surface area (Å²) in [4.78, 5) is 4.97. The summed E-state index contributed by atoms with van der Waals surface area (Å²) in [7, 11) is -2.52. The van der Waals surface area contributed by atoms with Gasteiger partial charge in [-0.2, -0.15) is 0 Å². The fraction of sp³-hybridized carbons (Fsp3) is 1.00. The van der Waals surface area contributed by atoms with Crippen LogP contribution in [0.15, 0.2) is 0 Å². The number of nitrogens with zero attached hydrogens (tertiary/aromatic N) is 2. The second kappa shape index (κ2) is 9.86. The molecule has 0 aromatic carbocycles. The molecule has 1 rings (SSSR count). The van der Waals surface area contributed by atoms with Crippen LogP contribution in [0.4, 0.5) is 0 Å². The van der Waals surface area contributed by atoms with Crippen molar-refractivity contribution < 1.29 is 13.3 Å². The number of piperazine rings is 1. The van der Waals surface area contributed by atoms with E-state index in [1.807, 2.05) is 20.8 Å². The van der Waals surface area contributed by atoms with Gasteiger partial charge in [0.15, 0.2) is 0 Å². The van der Waals surface area contributed by atoms with Crippen LogP contribution in [0.3, 0.4) is 0 Å². The summed E-state index contributed by atoms with van der Waals surface area (Å²) in [6, 6.07) is 0. The Labute approximate surface area is 125 Å². The molecule has 0 spiro atoms. The number of hydrogen-bond acceptors (Lipinski definition) is 5. The van der Waals surface area contributed by atoms with Crippen LogP contribution in [0.25, 0.3) is 0 Å². The number of hydrogen-bond donors (Lipinski definition) is 0. The van der Waals surface area contributed by atoms with Gasteiger partial charge < -0.3 is 18.2 Å². The smallest absolute Gasteiger partial charge is 0.373 e. The van der Waals surface area contributed by atoms with Crippen molar-refractivity contribution in [2.24, 2.45) is 0 Å². The molecular formula is C14H32N2O3Si. The second-order valence-corrected chi connectivity index (χ2v) is 7.65. The van der Waals surface area contributed by atoms with Crippen LogP contribution in [-0.4, -0.2) is 77.3 Å². The Morgan fingerprint density at radius 3 is 1.60 bits per heavy atom. The van der Waals surface area contributed by atoms with Crippen LogP contribution in [0.5, 0.6) is 0 Å². The Morgan fingerprint density at radius 2 is 1.20 bits per heavy atom. The van der Waals surface area contributed by atoms with E-state index in [0.717, 1.165) is 32.3 Å². The van der Waals surface area contributed by atoms with Crippen LogP contribution in [-0.2, 0) is 13.3 Å². The molecule has 5 nitrogen and oxygen atoms in total. The zero-order chi connectivity index (χ0) is 14.8. The highest BCUT2D eigenvalue weighted by Gasteiger charge is 2.42. The third-order valence-electron chi connectivity index (χ3n) is 3.51. The van der Waals surface area contributed by atoms with Crippen molar-refractivity contribution in [3.63, 3.8) is 0 Å². The summed E-state index contributed by atoms with van der Waals surface area (Å²) in [5.41, 5.74) is 0. The van der Waals surface area contributed by atoms with E-state index in [0.29, 0.717) is 19.8 Å². The van der Waals surface area contributed by atoms with Crippen molar-refractivity contribution in [3.05, 3.63) is 0 Å². The zero-order valence-electron chi connectivity index (χ0n) is 13.7. The fourth-order valence-corrected chi connectivity index (χ4v) is 5.39. The van der Waals surface area contributed by atoms with Crippen LogP contribution in [0.2, 0.25) is 0 Å². The molecule has 0 aromatic heterocycles. The van der Waals surface area contributed by atoms with Gasteiger partial charge in [-0.1, -0.05) is 6.92 Å². The first-order valence-corrected chi connectivity index (χ1v) is 9.99. The molecule has 1 fully saturated rings. The molecule has 0 bridgehead atoms. The standard InChI is InChI=1S/C14H32N2O3Si/c1-5-9-15-10-12-16(13-11-15)14-20(17-6-2,18-7-3)19-8-4/h5-14H2,1-4H3. The highest BCUT2D eigenvalue weighted by atomic mass is 28.4. The third kappa shape index (κ3) is 5.79.